The predicted octanol–water partition coefficient (Wildman–Crippen LogP) is 14.7. The quantitative estimate of drug-likeness (QED) is 0.146. The van der Waals surface area contributed by atoms with Gasteiger partial charge in [-0.15, -0.1) is 0 Å². The summed E-state index contributed by atoms with van der Waals surface area (Å²) in [7, 11) is 0. The summed E-state index contributed by atoms with van der Waals surface area (Å²) in [6, 6.07) is 61.8. The molecule has 0 saturated carbocycles. The SMILES string of the molecule is Cc1ccc(N(c2ccc(C(C)(C)C)cc2)c2ccc3c(c2)C(C)(C)c2cc(/C=C/c4ccc(N(c5ccccc5)c5ccccc5)cc4)ccc2-3)cc1. The van der Waals surface area contributed by atoms with Gasteiger partial charge in [0.1, 0.15) is 0 Å². The van der Waals surface area contributed by atoms with Crippen LogP contribution in [0.5, 0.6) is 0 Å². The molecule has 0 heterocycles. The van der Waals surface area contributed by atoms with Crippen molar-refractivity contribution in [2.75, 3.05) is 9.80 Å². The summed E-state index contributed by atoms with van der Waals surface area (Å²) < 4.78 is 0. The molecule has 0 bridgehead atoms. The Kier molecular flexibility index (Phi) is 9.07. The second kappa shape index (κ2) is 14.0. The Balaban J connectivity index is 1.08. The largest absolute Gasteiger partial charge is 0.311 e. The van der Waals surface area contributed by atoms with E-state index in [-0.39, 0.29) is 10.8 Å². The van der Waals surface area contributed by atoms with E-state index in [0.29, 0.717) is 0 Å². The van der Waals surface area contributed by atoms with Gasteiger partial charge in [0.2, 0.25) is 0 Å². The second-order valence-corrected chi connectivity index (χ2v) is 16.1. The highest BCUT2D eigenvalue weighted by molar-refractivity contribution is 5.87. The Bertz CT molecular complexity index is 2370. The highest BCUT2D eigenvalue weighted by atomic mass is 15.1. The Morgan fingerprint density at radius 2 is 0.833 bits per heavy atom. The lowest BCUT2D eigenvalue weighted by atomic mass is 9.81. The van der Waals surface area contributed by atoms with Gasteiger partial charge in [-0.1, -0.05) is 149 Å². The topological polar surface area (TPSA) is 6.48 Å². The van der Waals surface area contributed by atoms with Gasteiger partial charge < -0.3 is 9.80 Å². The number of rotatable bonds is 8. The highest BCUT2D eigenvalue weighted by Gasteiger charge is 2.36. The number of aryl methyl sites for hydroxylation is 1. The molecule has 266 valence electrons. The molecule has 0 aromatic heterocycles. The van der Waals surface area contributed by atoms with E-state index in [1.807, 2.05) is 0 Å². The van der Waals surface area contributed by atoms with Gasteiger partial charge in [0.15, 0.2) is 0 Å². The molecule has 0 saturated heterocycles. The maximum absolute atomic E-state index is 2.41. The molecule has 0 aliphatic heterocycles. The van der Waals surface area contributed by atoms with Crippen LogP contribution in [0.2, 0.25) is 0 Å². The van der Waals surface area contributed by atoms with Gasteiger partial charge in [-0.2, -0.15) is 0 Å². The van der Waals surface area contributed by atoms with Crippen LogP contribution in [0.3, 0.4) is 0 Å². The zero-order chi connectivity index (χ0) is 37.5. The lowest BCUT2D eigenvalue weighted by Gasteiger charge is -2.29. The number of hydrogen-bond donors (Lipinski definition) is 0. The van der Waals surface area contributed by atoms with Crippen molar-refractivity contribution in [2.45, 2.75) is 52.4 Å². The monoisotopic (exact) mass is 700 g/mol. The van der Waals surface area contributed by atoms with Crippen molar-refractivity contribution in [2.24, 2.45) is 0 Å². The Labute approximate surface area is 321 Å². The molecule has 8 rings (SSSR count). The van der Waals surface area contributed by atoms with Crippen molar-refractivity contribution < 1.29 is 0 Å². The first-order valence-corrected chi connectivity index (χ1v) is 19.0. The molecule has 0 fully saturated rings. The van der Waals surface area contributed by atoms with Gasteiger partial charge in [0.05, 0.1) is 0 Å². The molecular weight excluding hydrogens is 653 g/mol. The molecule has 54 heavy (non-hydrogen) atoms. The van der Waals surface area contributed by atoms with Gasteiger partial charge >= 0.3 is 0 Å². The summed E-state index contributed by atoms with van der Waals surface area (Å²) in [5, 5.41) is 0. The summed E-state index contributed by atoms with van der Waals surface area (Å²) in [4.78, 5) is 4.69. The molecule has 1 aliphatic rings. The van der Waals surface area contributed by atoms with Gasteiger partial charge in [0, 0.05) is 39.5 Å². The van der Waals surface area contributed by atoms with Gasteiger partial charge in [0.25, 0.3) is 0 Å². The van der Waals surface area contributed by atoms with Gasteiger partial charge in [-0.3, -0.25) is 0 Å². The van der Waals surface area contributed by atoms with Crippen LogP contribution in [0, 0.1) is 6.92 Å². The van der Waals surface area contributed by atoms with Crippen LogP contribution in [-0.2, 0) is 10.8 Å². The zero-order valence-corrected chi connectivity index (χ0v) is 32.2. The summed E-state index contributed by atoms with van der Waals surface area (Å²) in [5.74, 6) is 0. The van der Waals surface area contributed by atoms with Crippen LogP contribution in [0.4, 0.5) is 34.1 Å². The van der Waals surface area contributed by atoms with E-state index in [4.69, 9.17) is 0 Å². The number of nitrogens with zero attached hydrogens (tertiary/aromatic N) is 2. The average Bonchev–Trinajstić information content (AvgIpc) is 3.41. The first-order valence-electron chi connectivity index (χ1n) is 19.0. The molecule has 0 amide bonds. The summed E-state index contributed by atoms with van der Waals surface area (Å²) >= 11 is 0. The number of anilines is 6. The summed E-state index contributed by atoms with van der Waals surface area (Å²) in [6.07, 6.45) is 4.46. The molecule has 1 aliphatic carbocycles. The van der Waals surface area contributed by atoms with Crippen molar-refractivity contribution in [3.05, 3.63) is 203 Å². The first kappa shape index (κ1) is 34.9. The van der Waals surface area contributed by atoms with E-state index in [0.717, 1.165) is 28.4 Å². The fourth-order valence-corrected chi connectivity index (χ4v) is 7.77. The van der Waals surface area contributed by atoms with E-state index in [9.17, 15) is 0 Å². The second-order valence-electron chi connectivity index (χ2n) is 16.1. The Morgan fingerprint density at radius 3 is 1.39 bits per heavy atom. The summed E-state index contributed by atoms with van der Waals surface area (Å²) in [6.45, 7) is 13.7. The molecule has 0 N–H and O–H groups in total. The predicted molar refractivity (Wildman–Crippen MR) is 232 cm³/mol. The maximum atomic E-state index is 2.41. The fraction of sp³-hybridized carbons (Fsp3) is 0.154. The van der Waals surface area contributed by atoms with E-state index >= 15 is 0 Å². The third kappa shape index (κ3) is 6.76. The van der Waals surface area contributed by atoms with Crippen molar-refractivity contribution >= 4 is 46.3 Å². The van der Waals surface area contributed by atoms with Crippen molar-refractivity contribution in [1.29, 1.82) is 0 Å². The van der Waals surface area contributed by atoms with E-state index < -0.39 is 0 Å². The molecule has 7 aromatic carbocycles. The third-order valence-corrected chi connectivity index (χ3v) is 10.9. The molecule has 0 radical (unpaired) electrons. The van der Waals surface area contributed by atoms with Gasteiger partial charge in [-0.25, -0.2) is 0 Å². The number of benzene rings is 7. The maximum Gasteiger partial charge on any atom is 0.0465 e. The Morgan fingerprint density at radius 1 is 0.426 bits per heavy atom. The van der Waals surface area contributed by atoms with Crippen LogP contribution < -0.4 is 9.80 Å². The Hall–Kier alpha value is -6.12. The normalized spacial score (nSPS) is 13.1. The minimum Gasteiger partial charge on any atom is -0.311 e. The van der Waals surface area contributed by atoms with Crippen LogP contribution in [0.1, 0.15) is 68.0 Å². The number of fused-ring (bicyclic) bond motifs is 3. The lowest BCUT2D eigenvalue weighted by Crippen LogP contribution is -2.17. The lowest BCUT2D eigenvalue weighted by molar-refractivity contribution is 0.590. The highest BCUT2D eigenvalue weighted by Crippen LogP contribution is 2.51. The average molecular weight is 701 g/mol. The third-order valence-electron chi connectivity index (χ3n) is 10.9. The minimum absolute atomic E-state index is 0.0995. The molecule has 0 atom stereocenters. The molecule has 7 aromatic rings. The van der Waals surface area contributed by atoms with E-state index in [1.54, 1.807) is 0 Å². The van der Waals surface area contributed by atoms with E-state index in [2.05, 4.69) is 233 Å². The molecular formula is C52H48N2. The van der Waals surface area contributed by atoms with E-state index in [1.165, 1.54) is 50.2 Å². The standard InChI is InChI=1S/C52H48N2/c1-37-17-26-43(27-18-37)54(45-30-24-40(25-31-45)51(2,3)4)46-32-34-48-47-33-23-39(35-49(47)52(5,6)50(48)36-46)20-19-38-21-28-44(29-22-38)53(41-13-9-7-10-14-41)42-15-11-8-12-16-42/h7-36H,1-6H3/b20-19+. The fourth-order valence-electron chi connectivity index (χ4n) is 7.77. The molecule has 2 nitrogen and oxygen atoms in total. The van der Waals surface area contributed by atoms with Crippen LogP contribution in [0.25, 0.3) is 23.3 Å². The van der Waals surface area contributed by atoms with Crippen molar-refractivity contribution in [1.82, 2.24) is 0 Å². The molecule has 0 unspecified atom stereocenters. The van der Waals surface area contributed by atoms with Crippen molar-refractivity contribution in [3.8, 4) is 11.1 Å². The molecule has 2 heteroatoms. The minimum atomic E-state index is -0.153. The summed E-state index contributed by atoms with van der Waals surface area (Å²) in [5.41, 5.74) is 17.2. The first-order chi connectivity index (χ1) is 26.1. The number of para-hydroxylation sites is 2. The van der Waals surface area contributed by atoms with Crippen LogP contribution >= 0.6 is 0 Å². The molecule has 0 spiro atoms. The smallest absolute Gasteiger partial charge is 0.0465 e. The van der Waals surface area contributed by atoms with Gasteiger partial charge in [-0.05, 0) is 124 Å². The van der Waals surface area contributed by atoms with Crippen LogP contribution in [-0.4, -0.2) is 0 Å². The zero-order valence-electron chi connectivity index (χ0n) is 32.2. The number of hydrogen-bond acceptors (Lipinski definition) is 2. The van der Waals surface area contributed by atoms with Crippen LogP contribution in [0.15, 0.2) is 170 Å². The van der Waals surface area contributed by atoms with Crippen molar-refractivity contribution in [3.63, 3.8) is 0 Å².